The number of likely N-dealkylation sites (tertiary alicyclic amines) is 1. The Balaban J connectivity index is 1.66. The number of thiazole rings is 1. The Bertz CT molecular complexity index is 595. The second-order valence-electron chi connectivity index (χ2n) is 6.38. The van der Waals surface area contributed by atoms with Crippen molar-refractivity contribution in [2.24, 2.45) is 5.92 Å². The Labute approximate surface area is 134 Å². The number of carbonyl (C=O) groups is 1. The average Bonchev–Trinajstić information content (AvgIpc) is 2.75. The van der Waals surface area contributed by atoms with Gasteiger partial charge in [-0.1, -0.05) is 12.8 Å². The molecule has 21 heavy (non-hydrogen) atoms. The van der Waals surface area contributed by atoms with E-state index < -0.39 is 5.60 Å². The van der Waals surface area contributed by atoms with Crippen LogP contribution in [0.4, 0.5) is 0 Å². The van der Waals surface area contributed by atoms with Crippen LogP contribution >= 0.6 is 23.6 Å². The maximum atomic E-state index is 12.5. The van der Waals surface area contributed by atoms with Gasteiger partial charge in [0.15, 0.2) is 3.95 Å². The summed E-state index contributed by atoms with van der Waals surface area (Å²) in [5.74, 6) is 0.422. The molecule has 0 aromatic carbocycles. The van der Waals surface area contributed by atoms with Crippen molar-refractivity contribution in [2.75, 3.05) is 13.1 Å². The highest BCUT2D eigenvalue weighted by Crippen LogP contribution is 2.39. The van der Waals surface area contributed by atoms with Crippen molar-refractivity contribution in [2.45, 2.75) is 51.0 Å². The zero-order valence-electron chi connectivity index (χ0n) is 12.4. The van der Waals surface area contributed by atoms with E-state index in [0.717, 1.165) is 40.2 Å². The van der Waals surface area contributed by atoms with E-state index in [2.05, 4.69) is 4.98 Å². The fourth-order valence-corrected chi connectivity index (χ4v) is 4.93. The number of nitrogens with one attached hydrogen (secondary N) is 1. The Morgan fingerprint density at radius 1 is 1.52 bits per heavy atom. The monoisotopic (exact) mass is 326 g/mol. The summed E-state index contributed by atoms with van der Waals surface area (Å²) in [6, 6.07) is 0. The van der Waals surface area contributed by atoms with Crippen LogP contribution < -0.4 is 0 Å². The van der Waals surface area contributed by atoms with Gasteiger partial charge in [-0.15, -0.1) is 11.3 Å². The number of nitrogens with zero attached hydrogens (tertiary/aromatic N) is 1. The third-order valence-electron chi connectivity index (χ3n) is 5.02. The first-order chi connectivity index (χ1) is 9.98. The summed E-state index contributed by atoms with van der Waals surface area (Å²) in [6.45, 7) is 3.36. The van der Waals surface area contributed by atoms with E-state index >= 15 is 0 Å². The minimum Gasteiger partial charge on any atom is -0.389 e. The molecular weight excluding hydrogens is 304 g/mol. The van der Waals surface area contributed by atoms with E-state index in [1.54, 1.807) is 0 Å². The van der Waals surface area contributed by atoms with Gasteiger partial charge in [0.1, 0.15) is 0 Å². The highest BCUT2D eigenvalue weighted by Gasteiger charge is 2.43. The fraction of sp³-hybridized carbons (Fsp3) is 0.733. The Hall–Kier alpha value is -0.720. The maximum Gasteiger partial charge on any atom is 0.227 e. The molecule has 0 spiro atoms. The standard InChI is InChI=1S/C15H22N2O2S2/c1-10-12(21-14(20)16-10)8-13(18)17-7-6-15(19)5-3-2-4-11(15)9-17/h11,19H,2-9H2,1H3,(H,16,20)/t11-,15+/m0/s1. The first-order valence-corrected chi connectivity index (χ1v) is 8.89. The lowest BCUT2D eigenvalue weighted by Gasteiger charge is -2.47. The van der Waals surface area contributed by atoms with Gasteiger partial charge in [0.25, 0.3) is 0 Å². The predicted molar refractivity (Wildman–Crippen MR) is 86.0 cm³/mol. The summed E-state index contributed by atoms with van der Waals surface area (Å²) in [4.78, 5) is 18.6. The SMILES string of the molecule is Cc1[nH]c(=S)sc1CC(=O)N1CC[C@]2(O)CCCC[C@H]2C1. The molecule has 1 aromatic rings. The minimum atomic E-state index is -0.518. The summed E-state index contributed by atoms with van der Waals surface area (Å²) in [7, 11) is 0. The largest absolute Gasteiger partial charge is 0.389 e. The molecule has 1 saturated heterocycles. The predicted octanol–water partition coefficient (Wildman–Crippen LogP) is 2.81. The van der Waals surface area contributed by atoms with Gasteiger partial charge in [0, 0.05) is 29.6 Å². The Kier molecular flexibility index (Phi) is 4.21. The normalized spacial score (nSPS) is 29.2. The number of aromatic amines is 1. The zero-order valence-corrected chi connectivity index (χ0v) is 14.0. The lowest BCUT2D eigenvalue weighted by atomic mass is 9.71. The molecule has 0 unspecified atom stereocenters. The highest BCUT2D eigenvalue weighted by molar-refractivity contribution is 7.73. The molecule has 4 nitrogen and oxygen atoms in total. The molecule has 6 heteroatoms. The van der Waals surface area contributed by atoms with Gasteiger partial charge in [-0.3, -0.25) is 4.79 Å². The molecule has 1 aliphatic carbocycles. The van der Waals surface area contributed by atoms with Gasteiger partial charge in [-0.05, 0) is 38.4 Å². The lowest BCUT2D eigenvalue weighted by Crippen LogP contribution is -2.54. The fourth-order valence-electron chi connectivity index (χ4n) is 3.65. The number of aryl methyl sites for hydroxylation is 1. The van der Waals surface area contributed by atoms with E-state index in [1.807, 2.05) is 11.8 Å². The molecule has 2 atom stereocenters. The zero-order chi connectivity index (χ0) is 15.0. The second kappa shape index (κ2) is 5.82. The number of aromatic nitrogens is 1. The summed E-state index contributed by atoms with van der Waals surface area (Å²) >= 11 is 6.62. The van der Waals surface area contributed by atoms with Crippen LogP contribution in [0.3, 0.4) is 0 Å². The van der Waals surface area contributed by atoms with Crippen molar-refractivity contribution in [3.8, 4) is 0 Å². The molecule has 2 aliphatic rings. The molecule has 1 aliphatic heterocycles. The van der Waals surface area contributed by atoms with E-state index in [-0.39, 0.29) is 11.8 Å². The maximum absolute atomic E-state index is 12.5. The number of amides is 1. The topological polar surface area (TPSA) is 56.3 Å². The number of rotatable bonds is 2. The number of H-pyrrole nitrogens is 1. The molecule has 1 saturated carbocycles. The lowest BCUT2D eigenvalue weighted by molar-refractivity contribution is -0.142. The first-order valence-electron chi connectivity index (χ1n) is 7.67. The molecule has 2 fully saturated rings. The van der Waals surface area contributed by atoms with Crippen molar-refractivity contribution < 1.29 is 9.90 Å². The smallest absolute Gasteiger partial charge is 0.227 e. The first kappa shape index (κ1) is 15.2. The number of hydrogen-bond donors (Lipinski definition) is 2. The third kappa shape index (κ3) is 3.07. The second-order valence-corrected chi connectivity index (χ2v) is 8.15. The van der Waals surface area contributed by atoms with Gasteiger partial charge >= 0.3 is 0 Å². The van der Waals surface area contributed by atoms with Crippen LogP contribution in [-0.2, 0) is 11.2 Å². The molecule has 0 bridgehead atoms. The van der Waals surface area contributed by atoms with Crippen molar-refractivity contribution >= 4 is 29.5 Å². The number of hydrogen-bond acceptors (Lipinski definition) is 4. The summed E-state index contributed by atoms with van der Waals surface area (Å²) in [6.07, 6.45) is 5.39. The molecule has 3 rings (SSSR count). The number of fused-ring (bicyclic) bond motifs is 1. The van der Waals surface area contributed by atoms with E-state index in [0.29, 0.717) is 19.5 Å². The van der Waals surface area contributed by atoms with Gasteiger partial charge < -0.3 is 15.0 Å². The minimum absolute atomic E-state index is 0.163. The number of piperidine rings is 1. The quantitative estimate of drug-likeness (QED) is 0.822. The molecular formula is C15H22N2O2S2. The summed E-state index contributed by atoms with van der Waals surface area (Å²) < 4.78 is 0.732. The van der Waals surface area contributed by atoms with Crippen molar-refractivity contribution in [1.82, 2.24) is 9.88 Å². The van der Waals surface area contributed by atoms with E-state index in [4.69, 9.17) is 12.2 Å². The molecule has 2 heterocycles. The Morgan fingerprint density at radius 2 is 2.33 bits per heavy atom. The van der Waals surface area contributed by atoms with Gasteiger partial charge in [-0.2, -0.15) is 0 Å². The van der Waals surface area contributed by atoms with Gasteiger partial charge in [0.05, 0.1) is 12.0 Å². The van der Waals surface area contributed by atoms with Crippen molar-refractivity contribution in [3.05, 3.63) is 14.5 Å². The van der Waals surface area contributed by atoms with Crippen molar-refractivity contribution in [3.63, 3.8) is 0 Å². The van der Waals surface area contributed by atoms with Crippen LogP contribution in [0.5, 0.6) is 0 Å². The molecule has 1 amide bonds. The third-order valence-corrected chi connectivity index (χ3v) is 6.35. The van der Waals surface area contributed by atoms with E-state index in [1.165, 1.54) is 17.8 Å². The van der Waals surface area contributed by atoms with Crippen LogP contribution in [0.2, 0.25) is 0 Å². The van der Waals surface area contributed by atoms with Crippen LogP contribution in [0.1, 0.15) is 42.7 Å². The van der Waals surface area contributed by atoms with Crippen LogP contribution in [0, 0.1) is 16.8 Å². The van der Waals surface area contributed by atoms with E-state index in [9.17, 15) is 9.90 Å². The molecule has 1 aromatic heterocycles. The summed E-state index contributed by atoms with van der Waals surface area (Å²) in [5.41, 5.74) is 0.486. The summed E-state index contributed by atoms with van der Waals surface area (Å²) in [5, 5.41) is 10.7. The molecule has 2 N–H and O–H groups in total. The van der Waals surface area contributed by atoms with Gasteiger partial charge in [0.2, 0.25) is 5.91 Å². The molecule has 0 radical (unpaired) electrons. The molecule has 116 valence electrons. The van der Waals surface area contributed by atoms with Crippen molar-refractivity contribution in [1.29, 1.82) is 0 Å². The van der Waals surface area contributed by atoms with Crippen LogP contribution in [0.25, 0.3) is 0 Å². The van der Waals surface area contributed by atoms with Gasteiger partial charge in [-0.25, -0.2) is 0 Å². The Morgan fingerprint density at radius 3 is 3.05 bits per heavy atom. The average molecular weight is 326 g/mol. The van der Waals surface area contributed by atoms with Crippen LogP contribution in [0.15, 0.2) is 0 Å². The number of carbonyl (C=O) groups excluding carboxylic acids is 1. The number of aliphatic hydroxyl groups is 1. The van der Waals surface area contributed by atoms with Crippen LogP contribution in [-0.4, -0.2) is 39.6 Å². The highest BCUT2D eigenvalue weighted by atomic mass is 32.1.